The molecule has 3 N–H and O–H groups in total. The Morgan fingerprint density at radius 2 is 2.18 bits per heavy atom. The van der Waals surface area contributed by atoms with Gasteiger partial charge in [0.05, 0.1) is 0 Å². The van der Waals surface area contributed by atoms with Crippen molar-refractivity contribution in [2.45, 2.75) is 6.92 Å². The lowest BCUT2D eigenvalue weighted by atomic mass is 10.1. The maximum atomic E-state index is 5.95. The Balaban J connectivity index is 2.32. The fraction of sp³-hybridized carbons (Fsp3) is 0.0833. The van der Waals surface area contributed by atoms with Crippen molar-refractivity contribution in [3.8, 4) is 11.3 Å². The number of nitrogen functional groups attached to an aromatic ring is 1. The summed E-state index contributed by atoms with van der Waals surface area (Å²) in [6, 6.07) is 7.40. The predicted octanol–water partition coefficient (Wildman–Crippen LogP) is 3.37. The number of nitrogens with one attached hydrogen (secondary N) is 1. The first kappa shape index (κ1) is 10.2. The van der Waals surface area contributed by atoms with Crippen LogP contribution in [0.2, 0.25) is 5.02 Å². The summed E-state index contributed by atoms with van der Waals surface area (Å²) in [6.07, 6.45) is 0. The Morgan fingerprint density at radius 1 is 1.35 bits per heavy atom. The Hall–Kier alpha value is -1.94. The monoisotopic (exact) mass is 247 g/mol. The smallest absolute Gasteiger partial charge is 0.171 e. The zero-order chi connectivity index (χ0) is 12.0. The van der Waals surface area contributed by atoms with Gasteiger partial charge in [0.1, 0.15) is 0 Å². The molecule has 0 unspecified atom stereocenters. The fourth-order valence-electron chi connectivity index (χ4n) is 2.03. The zero-order valence-electron chi connectivity index (χ0n) is 9.12. The molecule has 3 aromatic rings. The molecule has 2 heterocycles. The zero-order valence-corrected chi connectivity index (χ0v) is 9.88. The molecule has 0 radical (unpaired) electrons. The molecule has 3 rings (SSSR count). The first-order valence-corrected chi connectivity index (χ1v) is 5.53. The van der Waals surface area contributed by atoms with Crippen LogP contribution in [0.1, 0.15) is 5.69 Å². The number of benzene rings is 1. The normalized spacial score (nSPS) is 11.2. The number of nitrogens with zero attached hydrogens (tertiary/aromatic N) is 1. The van der Waals surface area contributed by atoms with Crippen LogP contribution in [0.15, 0.2) is 28.8 Å². The van der Waals surface area contributed by atoms with E-state index in [1.54, 1.807) is 6.07 Å². The van der Waals surface area contributed by atoms with E-state index in [0.717, 1.165) is 22.2 Å². The van der Waals surface area contributed by atoms with Gasteiger partial charge in [-0.05, 0) is 19.1 Å². The summed E-state index contributed by atoms with van der Waals surface area (Å²) in [7, 11) is 0. The fourth-order valence-corrected chi connectivity index (χ4v) is 2.20. The van der Waals surface area contributed by atoms with Gasteiger partial charge in [-0.1, -0.05) is 22.8 Å². The minimum absolute atomic E-state index is 0.378. The number of hydrogen-bond acceptors (Lipinski definition) is 3. The van der Waals surface area contributed by atoms with Gasteiger partial charge in [0, 0.05) is 33.2 Å². The number of aromatic nitrogens is 2. The van der Waals surface area contributed by atoms with Crippen molar-refractivity contribution in [2.75, 3.05) is 5.73 Å². The van der Waals surface area contributed by atoms with Gasteiger partial charge in [-0.25, -0.2) is 0 Å². The molecule has 0 spiro atoms. The highest BCUT2D eigenvalue weighted by Gasteiger charge is 2.14. The SMILES string of the molecule is Cc1[nH]c2cc(Cl)ccc2c1-c1cc(N)no1. The standard InChI is InChI=1S/C12H10ClN3O/c1-6-12(10-5-11(14)16-17-10)8-3-2-7(13)4-9(8)15-6/h2-5,15H,1H3,(H2,14,16). The van der Waals surface area contributed by atoms with Gasteiger partial charge in [-0.15, -0.1) is 0 Å². The van der Waals surface area contributed by atoms with Gasteiger partial charge >= 0.3 is 0 Å². The highest BCUT2D eigenvalue weighted by Crippen LogP contribution is 2.33. The quantitative estimate of drug-likeness (QED) is 0.693. The number of rotatable bonds is 1. The minimum atomic E-state index is 0.378. The highest BCUT2D eigenvalue weighted by atomic mass is 35.5. The van der Waals surface area contributed by atoms with E-state index in [4.69, 9.17) is 21.9 Å². The molecule has 0 aliphatic carbocycles. The maximum absolute atomic E-state index is 5.95. The van der Waals surface area contributed by atoms with E-state index >= 15 is 0 Å². The van der Waals surface area contributed by atoms with Crippen LogP contribution in [0.4, 0.5) is 5.82 Å². The molecule has 0 atom stereocenters. The molecule has 0 saturated carbocycles. The van der Waals surface area contributed by atoms with Crippen LogP contribution in [0.25, 0.3) is 22.2 Å². The van der Waals surface area contributed by atoms with Crippen molar-refractivity contribution in [3.05, 3.63) is 35.0 Å². The van der Waals surface area contributed by atoms with Crippen molar-refractivity contribution in [1.82, 2.24) is 10.1 Å². The van der Waals surface area contributed by atoms with E-state index in [1.165, 1.54) is 0 Å². The Kier molecular flexibility index (Phi) is 2.12. The van der Waals surface area contributed by atoms with E-state index in [2.05, 4.69) is 10.1 Å². The molecule has 0 aliphatic rings. The summed E-state index contributed by atoms with van der Waals surface area (Å²) in [5.41, 5.74) is 8.51. The molecular weight excluding hydrogens is 238 g/mol. The van der Waals surface area contributed by atoms with Crippen LogP contribution in [0, 0.1) is 6.92 Å². The van der Waals surface area contributed by atoms with Crippen LogP contribution in [-0.4, -0.2) is 10.1 Å². The summed E-state index contributed by atoms with van der Waals surface area (Å²) in [5, 5.41) is 5.44. The Morgan fingerprint density at radius 3 is 2.88 bits per heavy atom. The maximum Gasteiger partial charge on any atom is 0.171 e. The average Bonchev–Trinajstić information content (AvgIpc) is 2.80. The molecule has 0 amide bonds. The van der Waals surface area contributed by atoms with Crippen molar-refractivity contribution < 1.29 is 4.52 Å². The van der Waals surface area contributed by atoms with Crippen molar-refractivity contribution >= 4 is 28.3 Å². The van der Waals surface area contributed by atoms with Gasteiger partial charge in [-0.3, -0.25) is 0 Å². The lowest BCUT2D eigenvalue weighted by molar-refractivity contribution is 0.436. The first-order chi connectivity index (χ1) is 8.15. The molecular formula is C12H10ClN3O. The first-order valence-electron chi connectivity index (χ1n) is 5.15. The molecule has 2 aromatic heterocycles. The molecule has 0 aliphatic heterocycles. The van der Waals surface area contributed by atoms with Crippen molar-refractivity contribution in [1.29, 1.82) is 0 Å². The van der Waals surface area contributed by atoms with Gasteiger partial charge < -0.3 is 15.2 Å². The summed E-state index contributed by atoms with van der Waals surface area (Å²) in [4.78, 5) is 3.26. The topological polar surface area (TPSA) is 67.8 Å². The van der Waals surface area contributed by atoms with Crippen LogP contribution in [0.5, 0.6) is 0 Å². The second kappa shape index (κ2) is 3.53. The molecule has 17 heavy (non-hydrogen) atoms. The number of H-pyrrole nitrogens is 1. The largest absolute Gasteiger partial charge is 0.381 e. The van der Waals surface area contributed by atoms with E-state index in [-0.39, 0.29) is 0 Å². The Labute approximate surface area is 102 Å². The van der Waals surface area contributed by atoms with Crippen molar-refractivity contribution in [3.63, 3.8) is 0 Å². The molecule has 86 valence electrons. The van der Waals surface area contributed by atoms with Crippen LogP contribution in [-0.2, 0) is 0 Å². The molecule has 0 bridgehead atoms. The van der Waals surface area contributed by atoms with Crippen molar-refractivity contribution in [2.24, 2.45) is 0 Å². The number of fused-ring (bicyclic) bond motifs is 1. The summed E-state index contributed by atoms with van der Waals surface area (Å²) in [6.45, 7) is 1.97. The lowest BCUT2D eigenvalue weighted by Gasteiger charge is -1.95. The number of halogens is 1. The predicted molar refractivity (Wildman–Crippen MR) is 68.0 cm³/mol. The number of nitrogens with two attached hydrogens (primary N) is 1. The third-order valence-electron chi connectivity index (χ3n) is 2.72. The number of aromatic amines is 1. The van der Waals surface area contributed by atoms with Crippen LogP contribution >= 0.6 is 11.6 Å². The van der Waals surface area contributed by atoms with Crippen LogP contribution < -0.4 is 5.73 Å². The second-order valence-corrected chi connectivity index (χ2v) is 4.37. The van der Waals surface area contributed by atoms with Gasteiger partial charge in [0.15, 0.2) is 11.6 Å². The van der Waals surface area contributed by atoms with Gasteiger partial charge in [0.25, 0.3) is 0 Å². The number of anilines is 1. The molecule has 4 nitrogen and oxygen atoms in total. The third-order valence-corrected chi connectivity index (χ3v) is 2.96. The summed E-state index contributed by atoms with van der Waals surface area (Å²) < 4.78 is 5.20. The molecule has 0 fully saturated rings. The summed E-state index contributed by atoms with van der Waals surface area (Å²) in [5.74, 6) is 1.04. The third kappa shape index (κ3) is 1.57. The van der Waals surface area contributed by atoms with E-state index in [9.17, 15) is 0 Å². The molecule has 5 heteroatoms. The number of hydrogen-bond donors (Lipinski definition) is 2. The molecule has 0 saturated heterocycles. The van der Waals surface area contributed by atoms with Crippen LogP contribution in [0.3, 0.4) is 0 Å². The summed E-state index contributed by atoms with van der Waals surface area (Å²) >= 11 is 5.95. The Bertz CT molecular complexity index is 699. The van der Waals surface area contributed by atoms with E-state index < -0.39 is 0 Å². The van der Waals surface area contributed by atoms with E-state index in [1.807, 2.05) is 25.1 Å². The average molecular weight is 248 g/mol. The van der Waals surface area contributed by atoms with E-state index in [0.29, 0.717) is 16.6 Å². The number of aryl methyl sites for hydroxylation is 1. The molecule has 1 aromatic carbocycles. The van der Waals surface area contributed by atoms with Gasteiger partial charge in [0.2, 0.25) is 0 Å². The minimum Gasteiger partial charge on any atom is -0.381 e. The van der Waals surface area contributed by atoms with Gasteiger partial charge in [-0.2, -0.15) is 0 Å². The highest BCUT2D eigenvalue weighted by molar-refractivity contribution is 6.31. The lowest BCUT2D eigenvalue weighted by Crippen LogP contribution is -1.80. The second-order valence-electron chi connectivity index (χ2n) is 3.93.